The quantitative estimate of drug-likeness (QED) is 0.458. The Balaban J connectivity index is 2.07. The first kappa shape index (κ1) is 15.2. The molecule has 0 radical (unpaired) electrons. The number of anilines is 1. The van der Waals surface area contributed by atoms with Gasteiger partial charge >= 0.3 is 0 Å². The van der Waals surface area contributed by atoms with E-state index in [1.165, 1.54) is 6.07 Å². The van der Waals surface area contributed by atoms with E-state index >= 15 is 0 Å². The van der Waals surface area contributed by atoms with E-state index in [0.29, 0.717) is 18.7 Å². The van der Waals surface area contributed by atoms with E-state index in [1.54, 1.807) is 18.3 Å². The van der Waals surface area contributed by atoms with Crippen LogP contribution in [0.3, 0.4) is 0 Å². The smallest absolute Gasteiger partial charge is 0.295 e. The largest absolute Gasteiger partial charge is 0.382 e. The number of nitro benzene ring substituents is 1. The van der Waals surface area contributed by atoms with E-state index in [0.717, 1.165) is 30.5 Å². The van der Waals surface area contributed by atoms with E-state index in [-0.39, 0.29) is 5.69 Å². The molecule has 6 nitrogen and oxygen atoms in total. The molecule has 0 bridgehead atoms. The van der Waals surface area contributed by atoms with Crippen molar-refractivity contribution in [1.82, 2.24) is 4.98 Å². The summed E-state index contributed by atoms with van der Waals surface area (Å²) >= 11 is 0. The first-order chi connectivity index (χ1) is 10.2. The van der Waals surface area contributed by atoms with E-state index < -0.39 is 4.92 Å². The number of nitro groups is 1. The van der Waals surface area contributed by atoms with Crippen LogP contribution in [-0.2, 0) is 4.74 Å². The summed E-state index contributed by atoms with van der Waals surface area (Å²) in [5, 5.41) is 15.0. The van der Waals surface area contributed by atoms with Crippen molar-refractivity contribution in [1.29, 1.82) is 0 Å². The molecule has 2 aromatic rings. The Kier molecular flexibility index (Phi) is 5.45. The van der Waals surface area contributed by atoms with Crippen LogP contribution in [0, 0.1) is 10.1 Å². The summed E-state index contributed by atoms with van der Waals surface area (Å²) in [5.41, 5.74) is 1.26. The average molecular weight is 289 g/mol. The maximum atomic E-state index is 11.0. The second-order valence-electron chi connectivity index (χ2n) is 4.68. The SMILES string of the molecule is CCCCOCCNc1ccc([N+](=O)[O-])c2ncccc12. The summed E-state index contributed by atoms with van der Waals surface area (Å²) in [5.74, 6) is 0. The lowest BCUT2D eigenvalue weighted by Crippen LogP contribution is -2.10. The number of aromatic nitrogens is 1. The fourth-order valence-electron chi connectivity index (χ4n) is 2.07. The van der Waals surface area contributed by atoms with Crippen molar-refractivity contribution in [3.63, 3.8) is 0 Å². The van der Waals surface area contributed by atoms with E-state index in [2.05, 4.69) is 17.2 Å². The fourth-order valence-corrected chi connectivity index (χ4v) is 2.07. The Morgan fingerprint density at radius 1 is 1.33 bits per heavy atom. The summed E-state index contributed by atoms with van der Waals surface area (Å²) in [7, 11) is 0. The number of hydrogen-bond acceptors (Lipinski definition) is 5. The normalized spacial score (nSPS) is 10.7. The summed E-state index contributed by atoms with van der Waals surface area (Å²) in [6.45, 7) is 4.16. The van der Waals surface area contributed by atoms with Crippen LogP contribution >= 0.6 is 0 Å². The molecule has 1 aromatic heterocycles. The highest BCUT2D eigenvalue weighted by atomic mass is 16.6. The van der Waals surface area contributed by atoms with Gasteiger partial charge in [-0.2, -0.15) is 0 Å². The van der Waals surface area contributed by atoms with Crippen LogP contribution in [0.15, 0.2) is 30.5 Å². The van der Waals surface area contributed by atoms with Crippen LogP contribution in [0.1, 0.15) is 19.8 Å². The highest BCUT2D eigenvalue weighted by molar-refractivity contribution is 5.96. The van der Waals surface area contributed by atoms with Gasteiger partial charge in [0.1, 0.15) is 5.52 Å². The zero-order valence-corrected chi connectivity index (χ0v) is 12.0. The maximum absolute atomic E-state index is 11.0. The molecule has 2 rings (SSSR count). The molecule has 0 aliphatic heterocycles. The second-order valence-corrected chi connectivity index (χ2v) is 4.68. The van der Waals surface area contributed by atoms with Crippen molar-refractivity contribution in [3.05, 3.63) is 40.6 Å². The van der Waals surface area contributed by atoms with Gasteiger partial charge in [0.25, 0.3) is 5.69 Å². The number of fused-ring (bicyclic) bond motifs is 1. The Morgan fingerprint density at radius 3 is 2.95 bits per heavy atom. The minimum absolute atomic E-state index is 0.0235. The van der Waals surface area contributed by atoms with Crippen LogP contribution in [0.2, 0.25) is 0 Å². The molecule has 0 unspecified atom stereocenters. The van der Waals surface area contributed by atoms with Crippen LogP contribution in [0.5, 0.6) is 0 Å². The highest BCUT2D eigenvalue weighted by Crippen LogP contribution is 2.29. The van der Waals surface area contributed by atoms with Gasteiger partial charge in [-0.25, -0.2) is 4.98 Å². The maximum Gasteiger partial charge on any atom is 0.295 e. The Bertz CT molecular complexity index is 616. The molecular formula is C15H19N3O3. The molecule has 0 spiro atoms. The molecule has 1 N–H and O–H groups in total. The predicted molar refractivity (Wildman–Crippen MR) is 82.6 cm³/mol. The van der Waals surface area contributed by atoms with E-state index in [1.807, 2.05) is 6.07 Å². The standard InChI is InChI=1S/C15H19N3O3/c1-2-3-10-21-11-9-16-13-6-7-14(18(19)20)15-12(13)5-4-8-17-15/h4-8,16H,2-3,9-11H2,1H3. The lowest BCUT2D eigenvalue weighted by molar-refractivity contribution is -0.383. The van der Waals surface area contributed by atoms with E-state index in [4.69, 9.17) is 4.74 Å². The lowest BCUT2D eigenvalue weighted by atomic mass is 10.1. The first-order valence-electron chi connectivity index (χ1n) is 7.07. The van der Waals surface area contributed by atoms with Gasteiger partial charge in [0.2, 0.25) is 0 Å². The number of nitrogens with one attached hydrogen (secondary N) is 1. The Labute approximate surface area is 123 Å². The van der Waals surface area contributed by atoms with Gasteiger partial charge in [-0.05, 0) is 24.6 Å². The molecular weight excluding hydrogens is 270 g/mol. The molecule has 112 valence electrons. The van der Waals surface area contributed by atoms with Crippen molar-refractivity contribution in [2.75, 3.05) is 25.1 Å². The van der Waals surface area contributed by atoms with Crippen molar-refractivity contribution in [2.45, 2.75) is 19.8 Å². The van der Waals surface area contributed by atoms with Gasteiger partial charge in [0.15, 0.2) is 0 Å². The first-order valence-corrected chi connectivity index (χ1v) is 7.07. The summed E-state index contributed by atoms with van der Waals surface area (Å²) in [6.07, 6.45) is 3.74. The third kappa shape index (κ3) is 3.88. The van der Waals surface area contributed by atoms with E-state index in [9.17, 15) is 10.1 Å². The fraction of sp³-hybridized carbons (Fsp3) is 0.400. The summed E-state index contributed by atoms with van der Waals surface area (Å²) < 4.78 is 5.48. The summed E-state index contributed by atoms with van der Waals surface area (Å²) in [4.78, 5) is 14.7. The van der Waals surface area contributed by atoms with Gasteiger partial charge in [-0.3, -0.25) is 10.1 Å². The number of pyridine rings is 1. The number of rotatable bonds is 8. The summed E-state index contributed by atoms with van der Waals surface area (Å²) in [6, 6.07) is 6.80. The molecule has 0 aliphatic carbocycles. The second kappa shape index (κ2) is 7.54. The molecule has 0 aliphatic rings. The van der Waals surface area contributed by atoms with Gasteiger partial charge in [-0.15, -0.1) is 0 Å². The third-order valence-corrected chi connectivity index (χ3v) is 3.15. The van der Waals surface area contributed by atoms with Crippen LogP contribution in [0.4, 0.5) is 11.4 Å². The molecule has 6 heteroatoms. The molecule has 0 saturated carbocycles. The molecule has 0 amide bonds. The predicted octanol–water partition coefficient (Wildman–Crippen LogP) is 3.37. The number of hydrogen-bond donors (Lipinski definition) is 1. The van der Waals surface area contributed by atoms with Crippen molar-refractivity contribution in [3.8, 4) is 0 Å². The molecule has 0 saturated heterocycles. The number of unbranched alkanes of at least 4 members (excludes halogenated alkanes) is 1. The van der Waals surface area contributed by atoms with Gasteiger partial charge in [0, 0.05) is 36.5 Å². The zero-order valence-electron chi connectivity index (χ0n) is 12.0. The van der Waals surface area contributed by atoms with Crippen molar-refractivity contribution in [2.24, 2.45) is 0 Å². The number of benzene rings is 1. The number of non-ortho nitro benzene ring substituents is 1. The topological polar surface area (TPSA) is 77.3 Å². The molecule has 1 aromatic carbocycles. The van der Waals surface area contributed by atoms with Crippen LogP contribution in [-0.4, -0.2) is 29.7 Å². The minimum Gasteiger partial charge on any atom is -0.382 e. The lowest BCUT2D eigenvalue weighted by Gasteiger charge is -2.10. The Morgan fingerprint density at radius 2 is 2.19 bits per heavy atom. The Hall–Kier alpha value is -2.21. The van der Waals surface area contributed by atoms with Gasteiger partial charge in [0.05, 0.1) is 11.5 Å². The molecule has 21 heavy (non-hydrogen) atoms. The molecule has 0 atom stereocenters. The number of nitrogens with zero attached hydrogens (tertiary/aromatic N) is 2. The van der Waals surface area contributed by atoms with Gasteiger partial charge in [-0.1, -0.05) is 13.3 Å². The molecule has 0 fully saturated rings. The van der Waals surface area contributed by atoms with Crippen molar-refractivity contribution >= 4 is 22.3 Å². The third-order valence-electron chi connectivity index (χ3n) is 3.15. The average Bonchev–Trinajstić information content (AvgIpc) is 2.50. The van der Waals surface area contributed by atoms with Gasteiger partial charge < -0.3 is 10.1 Å². The monoisotopic (exact) mass is 289 g/mol. The zero-order chi connectivity index (χ0) is 15.1. The highest BCUT2D eigenvalue weighted by Gasteiger charge is 2.14. The van der Waals surface area contributed by atoms with Crippen molar-refractivity contribution < 1.29 is 9.66 Å². The minimum atomic E-state index is -0.410. The molecule has 1 heterocycles. The van der Waals surface area contributed by atoms with Crippen LogP contribution in [0.25, 0.3) is 10.9 Å². The number of ether oxygens (including phenoxy) is 1. The van der Waals surface area contributed by atoms with Crippen LogP contribution < -0.4 is 5.32 Å².